The van der Waals surface area contributed by atoms with Gasteiger partial charge >= 0.3 is 0 Å². The number of nitrogens with zero attached hydrogens (tertiary/aromatic N) is 2. The molecule has 0 aliphatic carbocycles. The second-order valence-electron chi connectivity index (χ2n) is 4.09. The summed E-state index contributed by atoms with van der Waals surface area (Å²) in [7, 11) is 2.01. The van der Waals surface area contributed by atoms with Gasteiger partial charge in [-0.15, -0.1) is 0 Å². The summed E-state index contributed by atoms with van der Waals surface area (Å²) in [5.41, 5.74) is 1.10. The van der Waals surface area contributed by atoms with Crippen molar-refractivity contribution in [3.05, 3.63) is 42.5 Å². The Labute approximate surface area is 108 Å². The molecule has 0 radical (unpaired) electrons. The predicted octanol–water partition coefficient (Wildman–Crippen LogP) is 2.47. The normalized spacial score (nSPS) is 10.3. The van der Waals surface area contributed by atoms with Crippen LogP contribution in [0.15, 0.2) is 36.7 Å². The van der Waals surface area contributed by atoms with Crippen LogP contribution in [0, 0.1) is 0 Å². The fourth-order valence-electron chi connectivity index (χ4n) is 1.79. The zero-order chi connectivity index (χ0) is 12.8. The SMILES string of the molecule is CCOc1ccc(NCCc2nccn2C)cc1. The van der Waals surface area contributed by atoms with E-state index in [4.69, 9.17) is 4.74 Å². The second-order valence-corrected chi connectivity index (χ2v) is 4.09. The molecule has 18 heavy (non-hydrogen) atoms. The molecule has 0 atom stereocenters. The number of hydrogen-bond acceptors (Lipinski definition) is 3. The van der Waals surface area contributed by atoms with Crippen LogP contribution >= 0.6 is 0 Å². The molecule has 0 saturated heterocycles. The highest BCUT2D eigenvalue weighted by molar-refractivity contribution is 5.46. The van der Waals surface area contributed by atoms with E-state index in [1.807, 2.05) is 55.2 Å². The fraction of sp³-hybridized carbons (Fsp3) is 0.357. The molecule has 2 rings (SSSR count). The molecule has 2 aromatic rings. The zero-order valence-corrected chi connectivity index (χ0v) is 10.9. The van der Waals surface area contributed by atoms with Crippen LogP contribution in [0.3, 0.4) is 0 Å². The third kappa shape index (κ3) is 3.26. The number of aryl methyl sites for hydroxylation is 1. The Morgan fingerprint density at radius 3 is 2.67 bits per heavy atom. The number of rotatable bonds is 6. The summed E-state index contributed by atoms with van der Waals surface area (Å²) in [6.07, 6.45) is 4.70. The van der Waals surface area contributed by atoms with E-state index in [0.29, 0.717) is 6.61 Å². The highest BCUT2D eigenvalue weighted by Crippen LogP contribution is 2.15. The Bertz CT molecular complexity index is 476. The maximum absolute atomic E-state index is 5.40. The van der Waals surface area contributed by atoms with Gasteiger partial charge in [0, 0.05) is 38.1 Å². The molecular weight excluding hydrogens is 226 g/mol. The quantitative estimate of drug-likeness (QED) is 0.849. The van der Waals surface area contributed by atoms with Crippen molar-refractivity contribution >= 4 is 5.69 Å². The molecule has 4 nitrogen and oxygen atoms in total. The van der Waals surface area contributed by atoms with Gasteiger partial charge in [-0.1, -0.05) is 0 Å². The topological polar surface area (TPSA) is 39.1 Å². The van der Waals surface area contributed by atoms with Crippen LogP contribution in [-0.4, -0.2) is 22.7 Å². The van der Waals surface area contributed by atoms with Crippen molar-refractivity contribution in [2.75, 3.05) is 18.5 Å². The molecule has 4 heteroatoms. The van der Waals surface area contributed by atoms with Crippen molar-refractivity contribution in [3.8, 4) is 5.75 Å². The number of aromatic nitrogens is 2. The van der Waals surface area contributed by atoms with Crippen LogP contribution in [-0.2, 0) is 13.5 Å². The molecular formula is C14H19N3O. The van der Waals surface area contributed by atoms with E-state index in [1.165, 1.54) is 0 Å². The van der Waals surface area contributed by atoms with E-state index in [9.17, 15) is 0 Å². The maximum Gasteiger partial charge on any atom is 0.119 e. The number of hydrogen-bond donors (Lipinski definition) is 1. The molecule has 96 valence electrons. The van der Waals surface area contributed by atoms with Crippen LogP contribution in [0.5, 0.6) is 5.75 Å². The van der Waals surface area contributed by atoms with Gasteiger partial charge in [0.15, 0.2) is 0 Å². The number of benzene rings is 1. The summed E-state index contributed by atoms with van der Waals surface area (Å²) in [5, 5.41) is 3.37. The summed E-state index contributed by atoms with van der Waals surface area (Å²) < 4.78 is 7.44. The first-order valence-electron chi connectivity index (χ1n) is 6.22. The van der Waals surface area contributed by atoms with Gasteiger partial charge in [0.1, 0.15) is 11.6 Å². The van der Waals surface area contributed by atoms with Gasteiger partial charge in [0.25, 0.3) is 0 Å². The first-order valence-corrected chi connectivity index (χ1v) is 6.22. The van der Waals surface area contributed by atoms with Gasteiger partial charge in [0.05, 0.1) is 6.61 Å². The lowest BCUT2D eigenvalue weighted by Gasteiger charge is -2.08. The Morgan fingerprint density at radius 2 is 2.06 bits per heavy atom. The molecule has 0 spiro atoms. The van der Waals surface area contributed by atoms with E-state index >= 15 is 0 Å². The van der Waals surface area contributed by atoms with Gasteiger partial charge < -0.3 is 14.6 Å². The third-order valence-electron chi connectivity index (χ3n) is 2.76. The highest BCUT2D eigenvalue weighted by Gasteiger charge is 1.99. The van der Waals surface area contributed by atoms with Crippen molar-refractivity contribution < 1.29 is 4.74 Å². The number of anilines is 1. The minimum absolute atomic E-state index is 0.700. The Kier molecular flexibility index (Phi) is 4.23. The van der Waals surface area contributed by atoms with Crippen molar-refractivity contribution in [3.63, 3.8) is 0 Å². The molecule has 0 aliphatic rings. The largest absolute Gasteiger partial charge is 0.494 e. The Balaban J connectivity index is 1.81. The lowest BCUT2D eigenvalue weighted by molar-refractivity contribution is 0.340. The van der Waals surface area contributed by atoms with E-state index in [1.54, 1.807) is 0 Å². The molecule has 0 amide bonds. The third-order valence-corrected chi connectivity index (χ3v) is 2.76. The fourth-order valence-corrected chi connectivity index (χ4v) is 1.79. The van der Waals surface area contributed by atoms with Crippen LogP contribution in [0.25, 0.3) is 0 Å². The van der Waals surface area contributed by atoms with Gasteiger partial charge in [-0.3, -0.25) is 0 Å². The first-order chi connectivity index (χ1) is 8.79. The smallest absolute Gasteiger partial charge is 0.119 e. The Morgan fingerprint density at radius 1 is 1.28 bits per heavy atom. The minimum Gasteiger partial charge on any atom is -0.494 e. The van der Waals surface area contributed by atoms with Gasteiger partial charge in [0.2, 0.25) is 0 Å². The standard InChI is InChI=1S/C14H19N3O/c1-3-18-13-6-4-12(5-7-13)15-9-8-14-16-10-11-17(14)2/h4-7,10-11,15H,3,8-9H2,1-2H3. The van der Waals surface area contributed by atoms with Crippen molar-refractivity contribution in [2.24, 2.45) is 7.05 Å². The second kappa shape index (κ2) is 6.10. The van der Waals surface area contributed by atoms with E-state index in [0.717, 1.165) is 30.2 Å². The lowest BCUT2D eigenvalue weighted by atomic mass is 10.3. The first kappa shape index (κ1) is 12.5. The monoisotopic (exact) mass is 245 g/mol. The summed E-state index contributed by atoms with van der Waals surface area (Å²) in [6, 6.07) is 8.02. The number of imidazole rings is 1. The highest BCUT2D eigenvalue weighted by atomic mass is 16.5. The molecule has 0 saturated carbocycles. The van der Waals surface area contributed by atoms with Crippen molar-refractivity contribution in [2.45, 2.75) is 13.3 Å². The molecule has 0 aliphatic heterocycles. The predicted molar refractivity (Wildman–Crippen MR) is 73.0 cm³/mol. The molecule has 0 bridgehead atoms. The van der Waals surface area contributed by atoms with Crippen molar-refractivity contribution in [1.29, 1.82) is 0 Å². The molecule has 0 fully saturated rings. The molecule has 1 aromatic heterocycles. The van der Waals surface area contributed by atoms with Crippen LogP contribution in [0.1, 0.15) is 12.7 Å². The van der Waals surface area contributed by atoms with Crippen LogP contribution in [0.2, 0.25) is 0 Å². The lowest BCUT2D eigenvalue weighted by Crippen LogP contribution is -2.08. The summed E-state index contributed by atoms with van der Waals surface area (Å²) in [4.78, 5) is 4.29. The Hall–Kier alpha value is -1.97. The van der Waals surface area contributed by atoms with Crippen LogP contribution in [0.4, 0.5) is 5.69 Å². The minimum atomic E-state index is 0.700. The summed E-state index contributed by atoms with van der Waals surface area (Å²) >= 11 is 0. The average molecular weight is 245 g/mol. The maximum atomic E-state index is 5.40. The summed E-state index contributed by atoms with van der Waals surface area (Å²) in [5.74, 6) is 2.00. The van der Waals surface area contributed by atoms with Crippen molar-refractivity contribution in [1.82, 2.24) is 9.55 Å². The summed E-state index contributed by atoms with van der Waals surface area (Å²) in [6.45, 7) is 3.56. The van der Waals surface area contributed by atoms with E-state index in [-0.39, 0.29) is 0 Å². The van der Waals surface area contributed by atoms with E-state index in [2.05, 4.69) is 10.3 Å². The van der Waals surface area contributed by atoms with Gasteiger partial charge in [-0.25, -0.2) is 4.98 Å². The number of ether oxygens (including phenoxy) is 1. The van der Waals surface area contributed by atoms with Gasteiger partial charge in [-0.05, 0) is 31.2 Å². The molecule has 1 heterocycles. The zero-order valence-electron chi connectivity index (χ0n) is 10.9. The van der Waals surface area contributed by atoms with Gasteiger partial charge in [-0.2, -0.15) is 0 Å². The molecule has 1 N–H and O–H groups in total. The average Bonchev–Trinajstić information content (AvgIpc) is 2.78. The van der Waals surface area contributed by atoms with Crippen LogP contribution < -0.4 is 10.1 Å². The van der Waals surface area contributed by atoms with E-state index < -0.39 is 0 Å². The molecule has 0 unspecified atom stereocenters. The number of nitrogens with one attached hydrogen (secondary N) is 1. The molecule has 1 aromatic carbocycles.